The predicted molar refractivity (Wildman–Crippen MR) is 296 cm³/mol. The Hall–Kier alpha value is -9.58. The third-order valence-corrected chi connectivity index (χ3v) is 14.5. The first-order valence-electron chi connectivity index (χ1n) is 24.2. The SMILES string of the molecule is c1ccc(N(c2cccc(-c3cccc4c3c3cccc5c6c(-c7cccc(N(c8ccccc8)c8cccc9c8oc8ccccc89)c7)cccc6n4c35)c2)c2cccc3c2oc2ccccc23)cc1. The van der Waals surface area contributed by atoms with E-state index in [0.717, 1.165) is 89.1 Å². The zero-order chi connectivity index (χ0) is 46.6. The van der Waals surface area contributed by atoms with Gasteiger partial charge in [0, 0.05) is 65.8 Å². The number of hydrogen-bond donors (Lipinski definition) is 0. The summed E-state index contributed by atoms with van der Waals surface area (Å²) < 4.78 is 15.8. The fourth-order valence-corrected chi connectivity index (χ4v) is 11.5. The van der Waals surface area contributed by atoms with Gasteiger partial charge in [-0.15, -0.1) is 0 Å². The molecule has 0 unspecified atom stereocenters. The number of hydrogen-bond acceptors (Lipinski definition) is 4. The van der Waals surface area contributed by atoms with Gasteiger partial charge in [-0.1, -0.05) is 164 Å². The van der Waals surface area contributed by atoms with E-state index in [0.29, 0.717) is 0 Å². The van der Waals surface area contributed by atoms with Gasteiger partial charge in [0.2, 0.25) is 0 Å². The van der Waals surface area contributed by atoms with Crippen LogP contribution in [0.5, 0.6) is 0 Å². The molecule has 71 heavy (non-hydrogen) atoms. The minimum Gasteiger partial charge on any atom is -0.454 e. The standard InChI is InChI=1S/C66H41N3O2/c1-3-20-44(21-4-1)67(58-36-16-30-52-50-26-7-9-38-60(50)70-65(52)58)46-24-11-18-42(40-46)48-28-14-34-56-62(48)54-32-13-33-55-63-49(29-15-35-57(63)69(56)64(54)55)43-19-12-25-47(41-43)68(45-22-5-2-6-23-45)59-37-17-31-53-51-27-8-10-39-61(51)71-66(53)59/h1-41H. The molecule has 4 heterocycles. The highest BCUT2D eigenvalue weighted by Crippen LogP contribution is 2.49. The Balaban J connectivity index is 0.887. The Kier molecular flexibility index (Phi) is 8.59. The maximum absolute atomic E-state index is 6.64. The van der Waals surface area contributed by atoms with Gasteiger partial charge in [-0.3, -0.25) is 0 Å². The van der Waals surface area contributed by atoms with Gasteiger partial charge in [-0.05, 0) is 107 Å². The van der Waals surface area contributed by atoms with E-state index in [1.165, 1.54) is 49.2 Å². The summed E-state index contributed by atoms with van der Waals surface area (Å²) in [4.78, 5) is 4.65. The number of furan rings is 2. The van der Waals surface area contributed by atoms with E-state index in [2.05, 4.69) is 239 Å². The summed E-state index contributed by atoms with van der Waals surface area (Å²) in [6.07, 6.45) is 0. The first kappa shape index (κ1) is 39.4. The van der Waals surface area contributed by atoms with Crippen molar-refractivity contribution in [1.82, 2.24) is 4.40 Å². The van der Waals surface area contributed by atoms with Crippen molar-refractivity contribution in [3.05, 3.63) is 249 Å². The third kappa shape index (κ3) is 5.93. The van der Waals surface area contributed by atoms with Crippen LogP contribution in [0.1, 0.15) is 0 Å². The van der Waals surface area contributed by atoms with Crippen LogP contribution in [0.15, 0.2) is 258 Å². The van der Waals surface area contributed by atoms with Crippen molar-refractivity contribution in [2.24, 2.45) is 0 Å². The lowest BCUT2D eigenvalue weighted by Crippen LogP contribution is -2.10. The molecule has 15 rings (SSSR count). The van der Waals surface area contributed by atoms with Crippen LogP contribution < -0.4 is 9.80 Å². The molecule has 0 aliphatic carbocycles. The van der Waals surface area contributed by atoms with E-state index in [1.807, 2.05) is 24.3 Å². The summed E-state index contributed by atoms with van der Waals surface area (Å²) in [5, 5.41) is 9.36. The van der Waals surface area contributed by atoms with Gasteiger partial charge in [-0.25, -0.2) is 0 Å². The highest BCUT2D eigenvalue weighted by Gasteiger charge is 2.25. The Bertz CT molecular complexity index is 4260. The number of rotatable bonds is 8. The molecule has 0 atom stereocenters. The molecule has 0 N–H and O–H groups in total. The van der Waals surface area contributed by atoms with Crippen LogP contribution in [-0.4, -0.2) is 4.40 Å². The lowest BCUT2D eigenvalue weighted by atomic mass is 9.96. The van der Waals surface area contributed by atoms with Crippen molar-refractivity contribution in [2.45, 2.75) is 0 Å². The first-order chi connectivity index (χ1) is 35.2. The molecular formula is C66H41N3O2. The number of para-hydroxylation sites is 7. The van der Waals surface area contributed by atoms with Gasteiger partial charge in [0.15, 0.2) is 11.2 Å². The second-order valence-electron chi connectivity index (χ2n) is 18.4. The minimum atomic E-state index is 0.862. The highest BCUT2D eigenvalue weighted by atomic mass is 16.3. The van der Waals surface area contributed by atoms with E-state index in [4.69, 9.17) is 8.83 Å². The minimum absolute atomic E-state index is 0.862. The van der Waals surface area contributed by atoms with E-state index in [-0.39, 0.29) is 0 Å². The summed E-state index contributed by atoms with van der Waals surface area (Å²) in [5.74, 6) is 0. The Morgan fingerprint density at radius 3 is 1.17 bits per heavy atom. The highest BCUT2D eigenvalue weighted by molar-refractivity contribution is 6.28. The maximum atomic E-state index is 6.64. The molecule has 5 nitrogen and oxygen atoms in total. The smallest absolute Gasteiger partial charge is 0.159 e. The molecular weight excluding hydrogens is 867 g/mol. The largest absolute Gasteiger partial charge is 0.454 e. The summed E-state index contributed by atoms with van der Waals surface area (Å²) in [6, 6.07) is 89.0. The van der Waals surface area contributed by atoms with Gasteiger partial charge in [0.1, 0.15) is 11.2 Å². The summed E-state index contributed by atoms with van der Waals surface area (Å²) >= 11 is 0. The number of nitrogens with zero attached hydrogens (tertiary/aromatic N) is 3. The topological polar surface area (TPSA) is 37.2 Å². The molecule has 0 bridgehead atoms. The van der Waals surface area contributed by atoms with Crippen LogP contribution in [-0.2, 0) is 0 Å². The Labute approximate surface area is 408 Å². The van der Waals surface area contributed by atoms with E-state index >= 15 is 0 Å². The number of anilines is 6. The summed E-state index contributed by atoms with van der Waals surface area (Å²) in [5.41, 5.74) is 17.9. The van der Waals surface area contributed by atoms with Crippen LogP contribution in [0.25, 0.3) is 104 Å². The quantitative estimate of drug-likeness (QED) is 0.152. The van der Waals surface area contributed by atoms with Crippen molar-refractivity contribution in [1.29, 1.82) is 0 Å². The fraction of sp³-hybridized carbons (Fsp3) is 0. The molecule has 15 aromatic rings. The average molecular weight is 908 g/mol. The fourth-order valence-electron chi connectivity index (χ4n) is 11.5. The summed E-state index contributed by atoms with van der Waals surface area (Å²) in [7, 11) is 0. The number of aromatic nitrogens is 1. The van der Waals surface area contributed by atoms with Gasteiger partial charge < -0.3 is 23.0 Å². The zero-order valence-electron chi connectivity index (χ0n) is 38.3. The molecule has 0 aliphatic rings. The monoisotopic (exact) mass is 907 g/mol. The van der Waals surface area contributed by atoms with Gasteiger partial charge in [-0.2, -0.15) is 0 Å². The van der Waals surface area contributed by atoms with Gasteiger partial charge in [0.25, 0.3) is 0 Å². The van der Waals surface area contributed by atoms with E-state index in [1.54, 1.807) is 0 Å². The molecule has 0 spiro atoms. The van der Waals surface area contributed by atoms with Crippen molar-refractivity contribution >= 4 is 116 Å². The second-order valence-corrected chi connectivity index (χ2v) is 18.4. The lowest BCUT2D eigenvalue weighted by molar-refractivity contribution is 0.668. The molecule has 0 saturated carbocycles. The van der Waals surface area contributed by atoms with Crippen LogP contribution >= 0.6 is 0 Å². The van der Waals surface area contributed by atoms with Crippen LogP contribution in [0.3, 0.4) is 0 Å². The van der Waals surface area contributed by atoms with E-state index in [9.17, 15) is 0 Å². The Morgan fingerprint density at radius 2 is 0.676 bits per heavy atom. The molecule has 0 amide bonds. The molecule has 0 saturated heterocycles. The molecule has 0 radical (unpaired) electrons. The van der Waals surface area contributed by atoms with Crippen molar-refractivity contribution < 1.29 is 8.83 Å². The van der Waals surface area contributed by atoms with Crippen LogP contribution in [0.4, 0.5) is 34.1 Å². The van der Waals surface area contributed by atoms with Crippen molar-refractivity contribution in [2.75, 3.05) is 9.80 Å². The van der Waals surface area contributed by atoms with Crippen molar-refractivity contribution in [3.63, 3.8) is 0 Å². The molecule has 332 valence electrons. The Morgan fingerprint density at radius 1 is 0.296 bits per heavy atom. The second kappa shape index (κ2) is 15.5. The molecule has 5 heteroatoms. The van der Waals surface area contributed by atoms with Crippen LogP contribution in [0.2, 0.25) is 0 Å². The normalized spacial score (nSPS) is 11.9. The zero-order valence-corrected chi connectivity index (χ0v) is 38.3. The summed E-state index contributed by atoms with van der Waals surface area (Å²) in [6.45, 7) is 0. The van der Waals surface area contributed by atoms with Gasteiger partial charge in [0.05, 0.1) is 27.9 Å². The lowest BCUT2D eigenvalue weighted by Gasteiger charge is -2.26. The van der Waals surface area contributed by atoms with E-state index < -0.39 is 0 Å². The van der Waals surface area contributed by atoms with Crippen LogP contribution in [0, 0.1) is 0 Å². The maximum Gasteiger partial charge on any atom is 0.159 e. The van der Waals surface area contributed by atoms with Gasteiger partial charge >= 0.3 is 0 Å². The number of fused-ring (bicyclic) bond motifs is 12. The molecule has 0 fully saturated rings. The average Bonchev–Trinajstić information content (AvgIpc) is 4.20. The predicted octanol–water partition coefficient (Wildman–Crippen LogP) is 18.9. The molecule has 11 aromatic carbocycles. The molecule has 0 aliphatic heterocycles. The van der Waals surface area contributed by atoms with Crippen molar-refractivity contribution in [3.8, 4) is 22.3 Å². The first-order valence-corrected chi connectivity index (χ1v) is 24.2. The molecule has 4 aromatic heterocycles. The third-order valence-electron chi connectivity index (χ3n) is 14.5. The number of benzene rings is 11.